The van der Waals surface area contributed by atoms with Crippen LogP contribution in [-0.4, -0.2) is 50.4 Å². The van der Waals surface area contributed by atoms with Crippen molar-refractivity contribution in [2.75, 3.05) is 13.1 Å². The standard InChI is InChI=1S/C25H33N5O3/c1-18-5-4-8-20(13-18)24(32)26-14-21-22-15-33-25(17-30(22)28-27-21)11-12-29(16-25)23(31)10-9-19-6-2-3-7-19/h4-5,8,13,19H,2-3,6-7,9-12,14-17H2,1H3,(H,26,32). The Morgan fingerprint density at radius 2 is 2.09 bits per heavy atom. The van der Waals surface area contributed by atoms with E-state index in [1.807, 2.05) is 34.7 Å². The largest absolute Gasteiger partial charge is 0.365 e. The summed E-state index contributed by atoms with van der Waals surface area (Å²) in [5.41, 5.74) is 2.93. The number of amides is 2. The quantitative estimate of drug-likeness (QED) is 0.729. The number of likely N-dealkylation sites (tertiary alicyclic amines) is 1. The van der Waals surface area contributed by atoms with Crippen molar-refractivity contribution >= 4 is 11.8 Å². The zero-order valence-electron chi connectivity index (χ0n) is 19.4. The van der Waals surface area contributed by atoms with Gasteiger partial charge in [-0.3, -0.25) is 9.59 Å². The minimum atomic E-state index is -0.383. The zero-order valence-corrected chi connectivity index (χ0v) is 19.4. The van der Waals surface area contributed by atoms with Gasteiger partial charge in [-0.05, 0) is 37.8 Å². The summed E-state index contributed by atoms with van der Waals surface area (Å²) >= 11 is 0. The van der Waals surface area contributed by atoms with Crippen LogP contribution in [0.3, 0.4) is 0 Å². The fourth-order valence-electron chi connectivity index (χ4n) is 5.47. The normalized spacial score (nSPS) is 22.6. The van der Waals surface area contributed by atoms with E-state index in [0.717, 1.165) is 42.3 Å². The Bertz CT molecular complexity index is 1030. The van der Waals surface area contributed by atoms with Gasteiger partial charge in [0.2, 0.25) is 5.91 Å². The van der Waals surface area contributed by atoms with Gasteiger partial charge in [0.25, 0.3) is 5.91 Å². The Morgan fingerprint density at radius 3 is 2.91 bits per heavy atom. The van der Waals surface area contributed by atoms with E-state index in [4.69, 9.17) is 4.74 Å². The molecule has 2 aromatic rings. The molecule has 1 aromatic heterocycles. The number of fused-ring (bicyclic) bond motifs is 1. The van der Waals surface area contributed by atoms with E-state index in [9.17, 15) is 9.59 Å². The third kappa shape index (κ3) is 4.81. The number of hydrogen-bond donors (Lipinski definition) is 1. The van der Waals surface area contributed by atoms with E-state index >= 15 is 0 Å². The van der Waals surface area contributed by atoms with Crippen LogP contribution in [0.25, 0.3) is 0 Å². The first-order valence-corrected chi connectivity index (χ1v) is 12.2. The minimum Gasteiger partial charge on any atom is -0.365 e. The van der Waals surface area contributed by atoms with Gasteiger partial charge in [-0.2, -0.15) is 0 Å². The van der Waals surface area contributed by atoms with Crippen molar-refractivity contribution in [3.8, 4) is 0 Å². The predicted molar refractivity (Wildman–Crippen MR) is 122 cm³/mol. The Morgan fingerprint density at radius 1 is 1.24 bits per heavy atom. The molecule has 1 saturated carbocycles. The van der Waals surface area contributed by atoms with Crippen molar-refractivity contribution in [3.63, 3.8) is 0 Å². The monoisotopic (exact) mass is 451 g/mol. The van der Waals surface area contributed by atoms with Gasteiger partial charge in [0.1, 0.15) is 11.3 Å². The number of nitrogens with zero attached hydrogens (tertiary/aromatic N) is 4. The van der Waals surface area contributed by atoms with Crippen LogP contribution in [0.4, 0.5) is 0 Å². The Balaban J connectivity index is 1.16. The molecule has 176 valence electrons. The molecule has 1 saturated heterocycles. The SMILES string of the molecule is Cc1cccc(C(=O)NCc2nnn3c2COC2(CCN(C(=O)CCC4CCCC4)C2)C3)c1. The summed E-state index contributed by atoms with van der Waals surface area (Å²) in [5.74, 6) is 0.862. The molecule has 1 atom stereocenters. The second-order valence-corrected chi connectivity index (χ2v) is 9.92. The molecule has 2 amide bonds. The van der Waals surface area contributed by atoms with Crippen molar-refractivity contribution in [3.05, 3.63) is 46.8 Å². The summed E-state index contributed by atoms with van der Waals surface area (Å²) in [5, 5.41) is 11.6. The Kier molecular flexibility index (Phi) is 6.19. The first-order valence-electron chi connectivity index (χ1n) is 12.2. The number of carbonyl (C=O) groups excluding carboxylic acids is 2. The van der Waals surface area contributed by atoms with Crippen molar-refractivity contribution in [1.82, 2.24) is 25.2 Å². The van der Waals surface area contributed by atoms with Gasteiger partial charge < -0.3 is 15.0 Å². The highest BCUT2D eigenvalue weighted by atomic mass is 16.5. The van der Waals surface area contributed by atoms with E-state index in [1.54, 1.807) is 6.07 Å². The zero-order chi connectivity index (χ0) is 22.8. The Labute approximate surface area is 194 Å². The first-order chi connectivity index (χ1) is 16.0. The maximum Gasteiger partial charge on any atom is 0.251 e. The second-order valence-electron chi connectivity index (χ2n) is 9.92. The molecule has 8 nitrogen and oxygen atoms in total. The number of aromatic nitrogens is 3. The van der Waals surface area contributed by atoms with Crippen LogP contribution in [0.1, 0.15) is 72.3 Å². The summed E-state index contributed by atoms with van der Waals surface area (Å²) in [7, 11) is 0. The predicted octanol–water partition coefficient (Wildman–Crippen LogP) is 2.99. The van der Waals surface area contributed by atoms with E-state index < -0.39 is 0 Å². The maximum atomic E-state index is 12.8. The van der Waals surface area contributed by atoms with E-state index in [2.05, 4.69) is 15.6 Å². The smallest absolute Gasteiger partial charge is 0.251 e. The van der Waals surface area contributed by atoms with Crippen molar-refractivity contribution in [1.29, 1.82) is 0 Å². The number of carbonyl (C=O) groups is 2. The van der Waals surface area contributed by atoms with Gasteiger partial charge in [-0.15, -0.1) is 5.10 Å². The summed E-state index contributed by atoms with van der Waals surface area (Å²) in [4.78, 5) is 27.2. The first kappa shape index (κ1) is 22.1. The number of hydrogen-bond acceptors (Lipinski definition) is 5. The van der Waals surface area contributed by atoms with Gasteiger partial charge in [-0.25, -0.2) is 4.68 Å². The molecular formula is C25H33N5O3. The van der Waals surface area contributed by atoms with Crippen molar-refractivity contribution < 1.29 is 14.3 Å². The third-order valence-corrected chi connectivity index (χ3v) is 7.48. The maximum absolute atomic E-state index is 12.8. The molecule has 3 heterocycles. The van der Waals surface area contributed by atoms with E-state index in [-0.39, 0.29) is 17.4 Å². The summed E-state index contributed by atoms with van der Waals surface area (Å²) in [6.45, 7) is 4.62. The topological polar surface area (TPSA) is 89.3 Å². The molecule has 1 N–H and O–H groups in total. The highest BCUT2D eigenvalue weighted by Gasteiger charge is 2.44. The van der Waals surface area contributed by atoms with Gasteiger partial charge >= 0.3 is 0 Å². The van der Waals surface area contributed by atoms with Crippen molar-refractivity contribution in [2.45, 2.75) is 77.2 Å². The number of aryl methyl sites for hydroxylation is 1. The lowest BCUT2D eigenvalue weighted by molar-refractivity contribution is -0.133. The number of benzene rings is 1. The highest BCUT2D eigenvalue weighted by Crippen LogP contribution is 2.34. The van der Waals surface area contributed by atoms with Crippen LogP contribution in [-0.2, 0) is 29.2 Å². The van der Waals surface area contributed by atoms with Gasteiger partial charge in [0.15, 0.2) is 0 Å². The molecule has 8 heteroatoms. The summed E-state index contributed by atoms with van der Waals surface area (Å²) in [6.07, 6.45) is 7.69. The molecule has 1 aromatic carbocycles. The fourth-order valence-corrected chi connectivity index (χ4v) is 5.47. The molecule has 33 heavy (non-hydrogen) atoms. The molecule has 0 radical (unpaired) electrons. The molecule has 1 unspecified atom stereocenters. The van der Waals surface area contributed by atoms with E-state index in [0.29, 0.717) is 38.2 Å². The van der Waals surface area contributed by atoms with Crippen LogP contribution in [0.2, 0.25) is 0 Å². The Hall–Kier alpha value is -2.74. The van der Waals surface area contributed by atoms with E-state index in [1.165, 1.54) is 25.7 Å². The lowest BCUT2D eigenvalue weighted by Gasteiger charge is -2.34. The van der Waals surface area contributed by atoms with Crippen LogP contribution < -0.4 is 5.32 Å². The third-order valence-electron chi connectivity index (χ3n) is 7.48. The molecule has 2 aliphatic heterocycles. The average Bonchev–Trinajstić information content (AvgIpc) is 3.56. The van der Waals surface area contributed by atoms with Gasteiger partial charge in [0, 0.05) is 18.5 Å². The molecule has 1 aliphatic carbocycles. The number of rotatable bonds is 6. The molecule has 1 spiro atoms. The van der Waals surface area contributed by atoms with Crippen LogP contribution >= 0.6 is 0 Å². The van der Waals surface area contributed by atoms with Gasteiger partial charge in [-0.1, -0.05) is 48.6 Å². The average molecular weight is 452 g/mol. The van der Waals surface area contributed by atoms with Crippen LogP contribution in [0.15, 0.2) is 24.3 Å². The molecule has 2 fully saturated rings. The lowest BCUT2D eigenvalue weighted by atomic mass is 10.0. The molecule has 3 aliphatic rings. The number of ether oxygens (including phenoxy) is 1. The van der Waals surface area contributed by atoms with Crippen molar-refractivity contribution in [2.24, 2.45) is 5.92 Å². The van der Waals surface area contributed by atoms with Crippen LogP contribution in [0.5, 0.6) is 0 Å². The number of nitrogens with one attached hydrogen (secondary N) is 1. The molecule has 5 rings (SSSR count). The van der Waals surface area contributed by atoms with Gasteiger partial charge in [0.05, 0.1) is 31.9 Å². The highest BCUT2D eigenvalue weighted by molar-refractivity contribution is 5.94. The lowest BCUT2D eigenvalue weighted by Crippen LogP contribution is -2.45. The summed E-state index contributed by atoms with van der Waals surface area (Å²) in [6, 6.07) is 7.51. The molecule has 0 bridgehead atoms. The van der Waals surface area contributed by atoms with Crippen LogP contribution in [0, 0.1) is 12.8 Å². The minimum absolute atomic E-state index is 0.129. The molecular weight excluding hydrogens is 418 g/mol. The fraction of sp³-hybridized carbons (Fsp3) is 0.600. The second kappa shape index (κ2) is 9.25. The summed E-state index contributed by atoms with van der Waals surface area (Å²) < 4.78 is 8.20.